The predicted molar refractivity (Wildman–Crippen MR) is 176 cm³/mol. The third kappa shape index (κ3) is 17.8. The lowest BCUT2D eigenvalue weighted by atomic mass is 9.99. The van der Waals surface area contributed by atoms with E-state index in [4.69, 9.17) is 9.47 Å². The van der Waals surface area contributed by atoms with Crippen LogP contribution in [-0.2, 0) is 14.3 Å². The summed E-state index contributed by atoms with van der Waals surface area (Å²) in [6.45, 7) is 4.12. The summed E-state index contributed by atoms with van der Waals surface area (Å²) < 4.78 is 11.3. The monoisotopic (exact) mass is 606 g/mol. The minimum atomic E-state index is -0.679. The molecule has 3 N–H and O–H groups in total. The summed E-state index contributed by atoms with van der Waals surface area (Å²) in [5.74, 6) is -0.117. The largest absolute Gasteiger partial charge is 0.455 e. The molecule has 6 nitrogen and oxygen atoms in total. The first-order chi connectivity index (χ1) is 20.9. The first kappa shape index (κ1) is 38.0. The number of cyclic esters (lactones) is 1. The molecular weight excluding hydrogens is 540 g/mol. The van der Waals surface area contributed by atoms with Gasteiger partial charge in [0.25, 0.3) is 0 Å². The van der Waals surface area contributed by atoms with E-state index in [2.05, 4.69) is 19.1 Å². The molecular formula is C37H66O6. The van der Waals surface area contributed by atoms with E-state index in [0.717, 1.165) is 63.4 Å². The third-order valence-electron chi connectivity index (χ3n) is 9.25. The van der Waals surface area contributed by atoms with Crippen LogP contribution in [-0.4, -0.2) is 57.9 Å². The van der Waals surface area contributed by atoms with Gasteiger partial charge in [0.2, 0.25) is 0 Å². The Kier molecular flexibility index (Phi) is 21.3. The highest BCUT2D eigenvalue weighted by molar-refractivity contribution is 5.90. The van der Waals surface area contributed by atoms with Gasteiger partial charge in [0, 0.05) is 5.57 Å². The van der Waals surface area contributed by atoms with Crippen LogP contribution in [0.15, 0.2) is 23.8 Å². The van der Waals surface area contributed by atoms with E-state index in [1.165, 1.54) is 77.0 Å². The Hall–Kier alpha value is -1.21. The van der Waals surface area contributed by atoms with Gasteiger partial charge in [-0.1, -0.05) is 103 Å². The van der Waals surface area contributed by atoms with Gasteiger partial charge < -0.3 is 24.8 Å². The number of aliphatic hydroxyl groups excluding tert-OH is 3. The molecule has 0 saturated carbocycles. The average molecular weight is 607 g/mol. The fraction of sp³-hybridized carbons (Fsp3) is 0.865. The molecule has 0 unspecified atom stereocenters. The number of hydrogen-bond acceptors (Lipinski definition) is 6. The summed E-state index contributed by atoms with van der Waals surface area (Å²) in [5.41, 5.74) is 0.870. The Morgan fingerprint density at radius 2 is 1.40 bits per heavy atom. The average Bonchev–Trinajstić information content (AvgIpc) is 3.60. The van der Waals surface area contributed by atoms with E-state index in [-0.39, 0.29) is 18.2 Å². The van der Waals surface area contributed by atoms with Crippen LogP contribution in [0.1, 0.15) is 168 Å². The number of carbonyl (C=O) groups excluding carboxylic acids is 1. The van der Waals surface area contributed by atoms with Crippen LogP contribution in [0.5, 0.6) is 0 Å². The summed E-state index contributed by atoms with van der Waals surface area (Å²) in [7, 11) is 0. The summed E-state index contributed by atoms with van der Waals surface area (Å²) in [4.78, 5) is 11.6. The van der Waals surface area contributed by atoms with E-state index in [0.29, 0.717) is 25.4 Å². The Morgan fingerprint density at radius 1 is 0.767 bits per heavy atom. The molecule has 0 aromatic carbocycles. The summed E-state index contributed by atoms with van der Waals surface area (Å²) in [6.07, 6.45) is 30.4. The van der Waals surface area contributed by atoms with Gasteiger partial charge in [-0.15, -0.1) is 0 Å². The maximum absolute atomic E-state index is 11.6. The number of allylic oxidation sites excluding steroid dienone is 2. The van der Waals surface area contributed by atoms with E-state index in [9.17, 15) is 20.1 Å². The van der Waals surface area contributed by atoms with Gasteiger partial charge in [0.05, 0.1) is 30.5 Å². The van der Waals surface area contributed by atoms with Gasteiger partial charge in [-0.25, -0.2) is 4.79 Å². The zero-order valence-corrected chi connectivity index (χ0v) is 27.7. The quantitative estimate of drug-likeness (QED) is 0.0492. The fourth-order valence-corrected chi connectivity index (χ4v) is 6.44. The van der Waals surface area contributed by atoms with Crippen molar-refractivity contribution >= 4 is 5.97 Å². The number of rotatable bonds is 27. The molecule has 0 radical (unpaired) electrons. The van der Waals surface area contributed by atoms with Crippen molar-refractivity contribution in [3.63, 3.8) is 0 Å². The van der Waals surface area contributed by atoms with Crippen molar-refractivity contribution < 1.29 is 29.6 Å². The standard InChI is InChI=1S/C37H66O6/c1-3-4-5-6-11-16-19-24-33(38)34(39)25-20-21-26-35(40)36-28-27-32(43-36)23-18-15-13-10-8-7-9-12-14-17-22-31-29-30(2)42-37(31)41/h11,16,29-30,32-36,38-40H,3-10,12-15,17-28H2,1-2H3/b16-11-/t30-,32-,33-,34+,35+,36+/m0/s1. The van der Waals surface area contributed by atoms with Crippen molar-refractivity contribution in [1.82, 2.24) is 0 Å². The molecule has 0 amide bonds. The third-order valence-corrected chi connectivity index (χ3v) is 9.25. The first-order valence-electron chi connectivity index (χ1n) is 18.2. The summed E-state index contributed by atoms with van der Waals surface area (Å²) in [6, 6.07) is 0. The van der Waals surface area contributed by atoms with E-state index in [1.54, 1.807) is 0 Å². The molecule has 6 heteroatoms. The van der Waals surface area contributed by atoms with Gasteiger partial charge in [0.15, 0.2) is 0 Å². The van der Waals surface area contributed by atoms with Crippen molar-refractivity contribution in [3.8, 4) is 0 Å². The van der Waals surface area contributed by atoms with E-state index >= 15 is 0 Å². The van der Waals surface area contributed by atoms with E-state index < -0.39 is 18.3 Å². The number of carbonyl (C=O) groups is 1. The topological polar surface area (TPSA) is 96.2 Å². The molecule has 0 aromatic heterocycles. The van der Waals surface area contributed by atoms with Crippen LogP contribution < -0.4 is 0 Å². The predicted octanol–water partition coefficient (Wildman–Crippen LogP) is 8.65. The molecule has 2 aliphatic rings. The molecule has 2 aliphatic heterocycles. The molecule has 250 valence electrons. The Labute approximate surface area is 263 Å². The number of esters is 1. The summed E-state index contributed by atoms with van der Waals surface area (Å²) in [5, 5.41) is 31.1. The van der Waals surface area contributed by atoms with Crippen LogP contribution in [0.4, 0.5) is 0 Å². The van der Waals surface area contributed by atoms with Crippen LogP contribution in [0, 0.1) is 0 Å². The van der Waals surface area contributed by atoms with Gasteiger partial charge >= 0.3 is 5.97 Å². The summed E-state index contributed by atoms with van der Waals surface area (Å²) >= 11 is 0. The molecule has 6 atom stereocenters. The minimum absolute atomic E-state index is 0.0445. The number of ether oxygens (including phenoxy) is 2. The highest BCUT2D eigenvalue weighted by atomic mass is 16.5. The second kappa shape index (κ2) is 24.1. The Balaban J connectivity index is 1.36. The lowest BCUT2D eigenvalue weighted by molar-refractivity contribution is -0.139. The van der Waals surface area contributed by atoms with Crippen molar-refractivity contribution in [3.05, 3.63) is 23.8 Å². The molecule has 2 rings (SSSR count). The fourth-order valence-electron chi connectivity index (χ4n) is 6.44. The number of unbranched alkanes of at least 4 members (excludes halogenated alkanes) is 13. The molecule has 43 heavy (non-hydrogen) atoms. The maximum Gasteiger partial charge on any atom is 0.334 e. The molecule has 1 fully saturated rings. The van der Waals surface area contributed by atoms with Crippen molar-refractivity contribution in [2.24, 2.45) is 0 Å². The second-order valence-electron chi connectivity index (χ2n) is 13.3. The Bertz CT molecular complexity index is 764. The SMILES string of the molecule is CCCCC/C=C\CC[C@H](O)[C@H](O)CCCC[C@@H](O)[C@H]1CC[C@H](CCCCCCCCCCCCC2=C[C@H](C)OC2=O)O1. The van der Waals surface area contributed by atoms with Crippen LogP contribution >= 0.6 is 0 Å². The van der Waals surface area contributed by atoms with E-state index in [1.807, 2.05) is 13.0 Å². The second-order valence-corrected chi connectivity index (χ2v) is 13.3. The molecule has 1 saturated heterocycles. The first-order valence-corrected chi connectivity index (χ1v) is 18.2. The van der Waals surface area contributed by atoms with Crippen LogP contribution in [0.25, 0.3) is 0 Å². The van der Waals surface area contributed by atoms with Gasteiger partial charge in [-0.05, 0) is 83.6 Å². The van der Waals surface area contributed by atoms with Gasteiger partial charge in [-0.2, -0.15) is 0 Å². The molecule has 0 bridgehead atoms. The smallest absolute Gasteiger partial charge is 0.334 e. The minimum Gasteiger partial charge on any atom is -0.455 e. The van der Waals surface area contributed by atoms with Crippen molar-refractivity contribution in [2.45, 2.75) is 205 Å². The molecule has 2 heterocycles. The highest BCUT2D eigenvalue weighted by Gasteiger charge is 2.30. The van der Waals surface area contributed by atoms with Gasteiger partial charge in [0.1, 0.15) is 6.10 Å². The molecule has 0 spiro atoms. The molecule has 0 aliphatic carbocycles. The lowest BCUT2D eigenvalue weighted by Crippen LogP contribution is -2.27. The van der Waals surface area contributed by atoms with Crippen molar-refractivity contribution in [1.29, 1.82) is 0 Å². The normalized spacial score (nSPS) is 22.7. The van der Waals surface area contributed by atoms with Crippen LogP contribution in [0.3, 0.4) is 0 Å². The zero-order chi connectivity index (χ0) is 31.1. The van der Waals surface area contributed by atoms with Crippen LogP contribution in [0.2, 0.25) is 0 Å². The van der Waals surface area contributed by atoms with Gasteiger partial charge in [-0.3, -0.25) is 0 Å². The molecule has 0 aromatic rings. The number of aliphatic hydroxyl groups is 3. The maximum atomic E-state index is 11.6. The number of hydrogen-bond donors (Lipinski definition) is 3. The lowest BCUT2D eigenvalue weighted by Gasteiger charge is -2.20. The zero-order valence-electron chi connectivity index (χ0n) is 27.7. The Morgan fingerprint density at radius 3 is 2.07 bits per heavy atom. The van der Waals surface area contributed by atoms with Crippen molar-refractivity contribution in [2.75, 3.05) is 0 Å². The highest BCUT2D eigenvalue weighted by Crippen LogP contribution is 2.28.